The van der Waals surface area contributed by atoms with Gasteiger partial charge in [0.15, 0.2) is 0 Å². The maximum Gasteiger partial charge on any atom is 0.402 e. The second-order valence-corrected chi connectivity index (χ2v) is 4.93. The molecule has 0 bridgehead atoms. The van der Waals surface area contributed by atoms with Gasteiger partial charge in [0.1, 0.15) is 12.5 Å². The van der Waals surface area contributed by atoms with Gasteiger partial charge in [0, 0.05) is 0 Å². The van der Waals surface area contributed by atoms with Crippen molar-refractivity contribution in [1.29, 1.82) is 0 Å². The lowest BCUT2D eigenvalue weighted by molar-refractivity contribution is 0.0271. The molecule has 0 rings (SSSR count). The van der Waals surface area contributed by atoms with Gasteiger partial charge in [0.05, 0.1) is 0 Å². The van der Waals surface area contributed by atoms with E-state index in [1.807, 2.05) is 0 Å². The van der Waals surface area contributed by atoms with E-state index in [0.29, 0.717) is 0 Å². The Kier molecular flexibility index (Phi) is 5.68. The van der Waals surface area contributed by atoms with Crippen molar-refractivity contribution in [2.75, 3.05) is 28.2 Å². The van der Waals surface area contributed by atoms with E-state index in [1.54, 1.807) is 51.8 Å². The standard InChI is InChI=1S/C8H20N2O4S/c1-7(9(3)4)13-15(11,12)14-8(2)10(5)6/h7-8H,1-6H3. The first-order chi connectivity index (χ1) is 6.65. The Morgan fingerprint density at radius 2 is 1.13 bits per heavy atom. The molecular formula is C8H20N2O4S. The molecule has 2 atom stereocenters. The van der Waals surface area contributed by atoms with Crippen molar-refractivity contribution in [1.82, 2.24) is 9.80 Å². The maximum absolute atomic E-state index is 11.4. The summed E-state index contributed by atoms with van der Waals surface area (Å²) < 4.78 is 32.3. The summed E-state index contributed by atoms with van der Waals surface area (Å²) in [5.41, 5.74) is 0. The molecule has 0 radical (unpaired) electrons. The fraction of sp³-hybridized carbons (Fsp3) is 1.00. The molecule has 0 saturated carbocycles. The van der Waals surface area contributed by atoms with E-state index in [9.17, 15) is 8.42 Å². The van der Waals surface area contributed by atoms with Gasteiger partial charge in [-0.1, -0.05) is 0 Å². The van der Waals surface area contributed by atoms with Crippen LogP contribution in [0, 0.1) is 0 Å². The van der Waals surface area contributed by atoms with Crippen molar-refractivity contribution >= 4 is 10.4 Å². The predicted molar refractivity (Wildman–Crippen MR) is 57.4 cm³/mol. The van der Waals surface area contributed by atoms with Crippen LogP contribution < -0.4 is 0 Å². The van der Waals surface area contributed by atoms with Crippen molar-refractivity contribution in [2.24, 2.45) is 0 Å². The Hall–Kier alpha value is -0.210. The molecule has 0 aliphatic heterocycles. The average Bonchev–Trinajstić information content (AvgIpc) is 2.01. The minimum Gasteiger partial charge on any atom is -0.283 e. The first-order valence-corrected chi connectivity index (χ1v) is 5.93. The number of rotatable bonds is 6. The smallest absolute Gasteiger partial charge is 0.283 e. The molecule has 0 spiro atoms. The summed E-state index contributed by atoms with van der Waals surface area (Å²) in [6, 6.07) is 0. The Morgan fingerprint density at radius 1 is 0.867 bits per heavy atom. The highest BCUT2D eigenvalue weighted by Gasteiger charge is 2.22. The Bertz CT molecular complexity index is 254. The molecule has 0 aromatic heterocycles. The number of hydrogen-bond donors (Lipinski definition) is 0. The lowest BCUT2D eigenvalue weighted by atomic mass is 10.6. The molecule has 0 aliphatic carbocycles. The summed E-state index contributed by atoms with van der Waals surface area (Å²) in [6.07, 6.45) is -1.10. The highest BCUT2D eigenvalue weighted by Crippen LogP contribution is 2.07. The minimum absolute atomic E-state index is 0.552. The Morgan fingerprint density at radius 3 is 1.33 bits per heavy atom. The molecule has 0 fully saturated rings. The molecule has 0 aromatic rings. The third-order valence-corrected chi connectivity index (χ3v) is 3.00. The van der Waals surface area contributed by atoms with Gasteiger partial charge < -0.3 is 0 Å². The van der Waals surface area contributed by atoms with Gasteiger partial charge in [-0.15, -0.1) is 0 Å². The zero-order valence-electron chi connectivity index (χ0n) is 10.1. The minimum atomic E-state index is -3.95. The van der Waals surface area contributed by atoms with Crippen molar-refractivity contribution in [3.63, 3.8) is 0 Å². The summed E-state index contributed by atoms with van der Waals surface area (Å²) in [7, 11) is 2.92. The molecule has 0 amide bonds. The summed E-state index contributed by atoms with van der Waals surface area (Å²) in [6.45, 7) is 3.25. The van der Waals surface area contributed by atoms with Crippen LogP contribution in [0.3, 0.4) is 0 Å². The van der Waals surface area contributed by atoms with Crippen molar-refractivity contribution in [2.45, 2.75) is 26.3 Å². The van der Waals surface area contributed by atoms with Gasteiger partial charge >= 0.3 is 10.4 Å². The van der Waals surface area contributed by atoms with E-state index >= 15 is 0 Å². The monoisotopic (exact) mass is 240 g/mol. The van der Waals surface area contributed by atoms with Gasteiger partial charge in [-0.2, -0.15) is 8.42 Å². The van der Waals surface area contributed by atoms with Crippen LogP contribution in [0.25, 0.3) is 0 Å². The van der Waals surface area contributed by atoms with Crippen LogP contribution >= 0.6 is 0 Å². The molecule has 15 heavy (non-hydrogen) atoms. The van der Waals surface area contributed by atoms with Crippen LogP contribution in [-0.2, 0) is 18.8 Å². The van der Waals surface area contributed by atoms with Gasteiger partial charge in [0.2, 0.25) is 0 Å². The molecular weight excluding hydrogens is 220 g/mol. The second-order valence-electron chi connectivity index (χ2n) is 3.73. The fourth-order valence-corrected chi connectivity index (χ4v) is 1.61. The lowest BCUT2D eigenvalue weighted by Gasteiger charge is -2.23. The van der Waals surface area contributed by atoms with Crippen LogP contribution in [0.4, 0.5) is 0 Å². The summed E-state index contributed by atoms with van der Waals surface area (Å²) >= 11 is 0. The summed E-state index contributed by atoms with van der Waals surface area (Å²) in [5.74, 6) is 0. The largest absolute Gasteiger partial charge is 0.402 e. The zero-order valence-corrected chi connectivity index (χ0v) is 10.9. The zero-order chi connectivity index (χ0) is 12.2. The summed E-state index contributed by atoms with van der Waals surface area (Å²) in [4.78, 5) is 3.25. The molecule has 0 aliphatic rings. The normalized spacial score (nSPS) is 17.1. The Labute approximate surface area is 92.1 Å². The lowest BCUT2D eigenvalue weighted by Crippen LogP contribution is -2.35. The first kappa shape index (κ1) is 14.8. The van der Waals surface area contributed by atoms with Crippen LogP contribution in [0.2, 0.25) is 0 Å². The van der Waals surface area contributed by atoms with E-state index < -0.39 is 22.9 Å². The third-order valence-electron chi connectivity index (χ3n) is 1.97. The molecule has 0 heterocycles. The molecule has 2 unspecified atom stereocenters. The molecule has 92 valence electrons. The fourth-order valence-electron chi connectivity index (χ4n) is 0.536. The Balaban J connectivity index is 4.32. The van der Waals surface area contributed by atoms with Gasteiger partial charge in [0.25, 0.3) is 0 Å². The highest BCUT2D eigenvalue weighted by molar-refractivity contribution is 7.81. The first-order valence-electron chi connectivity index (χ1n) is 4.60. The van der Waals surface area contributed by atoms with Crippen LogP contribution in [0.5, 0.6) is 0 Å². The topological polar surface area (TPSA) is 59.1 Å². The van der Waals surface area contributed by atoms with Gasteiger partial charge in [-0.3, -0.25) is 9.80 Å². The number of nitrogens with zero attached hydrogens (tertiary/aromatic N) is 2. The second kappa shape index (κ2) is 5.76. The SMILES string of the molecule is CC(OS(=O)(=O)OC(C)N(C)C)N(C)C. The van der Waals surface area contributed by atoms with E-state index in [1.165, 1.54) is 0 Å². The van der Waals surface area contributed by atoms with Crippen molar-refractivity contribution in [3.05, 3.63) is 0 Å². The summed E-state index contributed by atoms with van der Waals surface area (Å²) in [5, 5.41) is 0. The average molecular weight is 240 g/mol. The van der Waals surface area contributed by atoms with Crippen LogP contribution in [-0.4, -0.2) is 58.9 Å². The van der Waals surface area contributed by atoms with Crippen LogP contribution in [0.15, 0.2) is 0 Å². The van der Waals surface area contributed by atoms with E-state index in [-0.39, 0.29) is 0 Å². The molecule has 0 N–H and O–H groups in total. The van der Waals surface area contributed by atoms with Crippen LogP contribution in [0.1, 0.15) is 13.8 Å². The number of hydrogen-bond acceptors (Lipinski definition) is 6. The quantitative estimate of drug-likeness (QED) is 0.613. The predicted octanol–water partition coefficient (Wildman–Crippen LogP) is 0.0796. The molecule has 7 heteroatoms. The van der Waals surface area contributed by atoms with Gasteiger partial charge in [-0.25, -0.2) is 8.37 Å². The van der Waals surface area contributed by atoms with Crippen molar-refractivity contribution < 1.29 is 16.8 Å². The molecule has 6 nitrogen and oxygen atoms in total. The third kappa shape index (κ3) is 6.06. The molecule has 0 aromatic carbocycles. The van der Waals surface area contributed by atoms with Gasteiger partial charge in [-0.05, 0) is 42.0 Å². The van der Waals surface area contributed by atoms with E-state index in [4.69, 9.17) is 8.37 Å². The molecule has 0 saturated heterocycles. The highest BCUT2D eigenvalue weighted by atomic mass is 32.3. The van der Waals surface area contributed by atoms with E-state index in [2.05, 4.69) is 0 Å². The van der Waals surface area contributed by atoms with E-state index in [0.717, 1.165) is 0 Å². The van der Waals surface area contributed by atoms with Crippen molar-refractivity contribution in [3.8, 4) is 0 Å². The maximum atomic E-state index is 11.4.